The highest BCUT2D eigenvalue weighted by molar-refractivity contribution is 5.31. The molecule has 0 bridgehead atoms. The van der Waals surface area contributed by atoms with Gasteiger partial charge in [-0.25, -0.2) is 0 Å². The second-order valence-electron chi connectivity index (χ2n) is 5.42. The van der Waals surface area contributed by atoms with E-state index < -0.39 is 0 Å². The van der Waals surface area contributed by atoms with Crippen LogP contribution in [0.3, 0.4) is 0 Å². The largest absolute Gasteiger partial charge is 0.497 e. The minimum absolute atomic E-state index is 0.185. The fourth-order valence-electron chi connectivity index (χ4n) is 2.75. The molecule has 4 heteroatoms. The number of likely N-dealkylation sites (N-methyl/N-ethyl adjacent to an activating group) is 1. The molecule has 0 aromatic heterocycles. The lowest BCUT2D eigenvalue weighted by molar-refractivity contribution is 0.0272. The maximum absolute atomic E-state index is 10.0. The molecule has 1 N–H and O–H groups in total. The molecule has 1 aromatic rings. The average Bonchev–Trinajstić information content (AvgIpc) is 2.48. The first-order valence-corrected chi connectivity index (χ1v) is 7.36. The highest BCUT2D eigenvalue weighted by Crippen LogP contribution is 2.22. The average molecular weight is 279 g/mol. The Bertz CT molecular complexity index is 393. The molecule has 1 aliphatic carbocycles. The van der Waals surface area contributed by atoms with Gasteiger partial charge in [0.1, 0.15) is 18.1 Å². The summed E-state index contributed by atoms with van der Waals surface area (Å²) in [6.45, 7) is 1.46. The predicted molar refractivity (Wildman–Crippen MR) is 79.4 cm³/mol. The highest BCUT2D eigenvalue weighted by atomic mass is 16.5. The van der Waals surface area contributed by atoms with Crippen molar-refractivity contribution >= 4 is 0 Å². The molecule has 1 aliphatic rings. The van der Waals surface area contributed by atoms with Crippen LogP contribution in [0, 0.1) is 0 Å². The fraction of sp³-hybridized carbons (Fsp3) is 0.625. The summed E-state index contributed by atoms with van der Waals surface area (Å²) >= 11 is 0. The summed E-state index contributed by atoms with van der Waals surface area (Å²) in [5.41, 5.74) is 0. The van der Waals surface area contributed by atoms with Gasteiger partial charge in [-0.2, -0.15) is 0 Å². The van der Waals surface area contributed by atoms with Gasteiger partial charge in [0.2, 0.25) is 0 Å². The first-order chi connectivity index (χ1) is 9.70. The van der Waals surface area contributed by atoms with E-state index in [1.54, 1.807) is 7.11 Å². The van der Waals surface area contributed by atoms with E-state index in [-0.39, 0.29) is 12.1 Å². The summed E-state index contributed by atoms with van der Waals surface area (Å²) in [4.78, 5) is 2.22. The number of rotatable bonds is 6. The monoisotopic (exact) mass is 279 g/mol. The fourth-order valence-corrected chi connectivity index (χ4v) is 2.75. The molecule has 1 saturated carbocycles. The Morgan fingerprint density at radius 2 is 1.80 bits per heavy atom. The van der Waals surface area contributed by atoms with E-state index >= 15 is 0 Å². The van der Waals surface area contributed by atoms with Crippen LogP contribution >= 0.6 is 0 Å². The molecule has 1 fully saturated rings. The minimum Gasteiger partial charge on any atom is -0.497 e. The number of hydrogen-bond donors (Lipinski definition) is 1. The summed E-state index contributed by atoms with van der Waals surface area (Å²) in [5, 5.41) is 10.0. The number of ether oxygens (including phenoxy) is 2. The smallest absolute Gasteiger partial charge is 0.119 e. The Morgan fingerprint density at radius 1 is 1.15 bits per heavy atom. The molecule has 2 atom stereocenters. The zero-order valence-corrected chi connectivity index (χ0v) is 12.4. The quantitative estimate of drug-likeness (QED) is 0.867. The van der Waals surface area contributed by atoms with Crippen LogP contribution in [-0.2, 0) is 0 Å². The summed E-state index contributed by atoms with van der Waals surface area (Å²) in [5.74, 6) is 1.68. The summed E-state index contributed by atoms with van der Waals surface area (Å²) in [6, 6.07) is 7.89. The van der Waals surface area contributed by atoms with E-state index in [1.165, 1.54) is 6.42 Å². The molecular weight excluding hydrogens is 254 g/mol. The van der Waals surface area contributed by atoms with Crippen LogP contribution in [-0.4, -0.2) is 49.5 Å². The van der Waals surface area contributed by atoms with Crippen LogP contribution in [0.4, 0.5) is 0 Å². The van der Waals surface area contributed by atoms with Crippen molar-refractivity contribution in [2.75, 3.05) is 27.3 Å². The van der Waals surface area contributed by atoms with Gasteiger partial charge in [0.25, 0.3) is 0 Å². The number of methoxy groups -OCH3 is 1. The van der Waals surface area contributed by atoms with Crippen molar-refractivity contribution in [1.82, 2.24) is 4.90 Å². The van der Waals surface area contributed by atoms with Gasteiger partial charge in [-0.3, -0.25) is 4.90 Å². The molecule has 0 aliphatic heterocycles. The zero-order chi connectivity index (χ0) is 14.4. The number of aliphatic hydroxyl groups is 1. The molecule has 1 aromatic carbocycles. The lowest BCUT2D eigenvalue weighted by Gasteiger charge is -2.35. The van der Waals surface area contributed by atoms with Crippen LogP contribution in [0.2, 0.25) is 0 Å². The van der Waals surface area contributed by atoms with Crippen molar-refractivity contribution in [3.8, 4) is 11.5 Å². The summed E-state index contributed by atoms with van der Waals surface area (Å²) in [7, 11) is 3.72. The Balaban J connectivity index is 1.74. The minimum atomic E-state index is -0.185. The third-order valence-electron chi connectivity index (χ3n) is 4.03. The molecule has 0 amide bonds. The van der Waals surface area contributed by atoms with Gasteiger partial charge >= 0.3 is 0 Å². The lowest BCUT2D eigenvalue weighted by atomic mass is 9.92. The zero-order valence-electron chi connectivity index (χ0n) is 12.4. The molecule has 20 heavy (non-hydrogen) atoms. The van der Waals surface area contributed by atoms with E-state index in [0.717, 1.165) is 37.3 Å². The summed E-state index contributed by atoms with van der Waals surface area (Å²) in [6.07, 6.45) is 4.18. The van der Waals surface area contributed by atoms with Crippen molar-refractivity contribution in [2.45, 2.75) is 37.8 Å². The molecule has 0 heterocycles. The normalized spacial score (nSPS) is 22.8. The topological polar surface area (TPSA) is 41.9 Å². The molecule has 2 rings (SSSR count). The van der Waals surface area contributed by atoms with E-state index in [0.29, 0.717) is 6.61 Å². The Morgan fingerprint density at radius 3 is 2.45 bits per heavy atom. The van der Waals surface area contributed by atoms with Gasteiger partial charge in [0.05, 0.1) is 13.2 Å². The Labute approximate surface area is 121 Å². The van der Waals surface area contributed by atoms with Crippen molar-refractivity contribution in [1.29, 1.82) is 0 Å². The Hall–Kier alpha value is -1.26. The molecule has 0 saturated heterocycles. The standard InChI is InChI=1S/C16H25NO3/c1-17(15-5-3-4-6-16(15)18)11-12-20-14-9-7-13(19-2)8-10-14/h7-10,15-16,18H,3-6,11-12H2,1-2H3. The molecular formula is C16H25NO3. The SMILES string of the molecule is COc1ccc(OCCN(C)C2CCCCC2O)cc1. The second kappa shape index (κ2) is 7.50. The van der Waals surface area contributed by atoms with E-state index in [2.05, 4.69) is 11.9 Å². The molecule has 0 spiro atoms. The molecule has 2 unspecified atom stereocenters. The van der Waals surface area contributed by atoms with Crippen molar-refractivity contribution in [3.05, 3.63) is 24.3 Å². The third kappa shape index (κ3) is 4.12. The van der Waals surface area contributed by atoms with Crippen LogP contribution in [0.25, 0.3) is 0 Å². The first kappa shape index (κ1) is 15.1. The second-order valence-corrected chi connectivity index (χ2v) is 5.42. The Kier molecular flexibility index (Phi) is 5.68. The van der Waals surface area contributed by atoms with Gasteiger partial charge in [-0.15, -0.1) is 0 Å². The van der Waals surface area contributed by atoms with Crippen LogP contribution < -0.4 is 9.47 Å². The number of hydrogen-bond acceptors (Lipinski definition) is 4. The van der Waals surface area contributed by atoms with Gasteiger partial charge in [0, 0.05) is 12.6 Å². The lowest BCUT2D eigenvalue weighted by Crippen LogP contribution is -2.44. The third-order valence-corrected chi connectivity index (χ3v) is 4.03. The molecule has 4 nitrogen and oxygen atoms in total. The molecule has 112 valence electrons. The van der Waals surface area contributed by atoms with Crippen LogP contribution in [0.5, 0.6) is 11.5 Å². The van der Waals surface area contributed by atoms with Crippen molar-refractivity contribution in [3.63, 3.8) is 0 Å². The highest BCUT2D eigenvalue weighted by Gasteiger charge is 2.26. The molecule has 0 radical (unpaired) electrons. The van der Waals surface area contributed by atoms with E-state index in [1.807, 2.05) is 24.3 Å². The van der Waals surface area contributed by atoms with Gasteiger partial charge in [-0.1, -0.05) is 12.8 Å². The van der Waals surface area contributed by atoms with Crippen LogP contribution in [0.15, 0.2) is 24.3 Å². The van der Waals surface area contributed by atoms with Crippen LogP contribution in [0.1, 0.15) is 25.7 Å². The number of aliphatic hydroxyl groups excluding tert-OH is 1. The van der Waals surface area contributed by atoms with E-state index in [4.69, 9.17) is 9.47 Å². The van der Waals surface area contributed by atoms with Gasteiger partial charge < -0.3 is 14.6 Å². The van der Waals surface area contributed by atoms with Crippen molar-refractivity contribution < 1.29 is 14.6 Å². The maximum Gasteiger partial charge on any atom is 0.119 e. The van der Waals surface area contributed by atoms with Gasteiger partial charge in [0.15, 0.2) is 0 Å². The predicted octanol–water partition coefficient (Wildman–Crippen LogP) is 2.31. The number of nitrogens with zero attached hydrogens (tertiary/aromatic N) is 1. The van der Waals surface area contributed by atoms with E-state index in [9.17, 15) is 5.11 Å². The van der Waals surface area contributed by atoms with Gasteiger partial charge in [-0.05, 0) is 44.2 Å². The maximum atomic E-state index is 10.0. The first-order valence-electron chi connectivity index (χ1n) is 7.36. The summed E-state index contributed by atoms with van der Waals surface area (Å²) < 4.78 is 10.8. The number of benzene rings is 1. The van der Waals surface area contributed by atoms with Crippen molar-refractivity contribution in [2.24, 2.45) is 0 Å².